The lowest BCUT2D eigenvalue weighted by Gasteiger charge is -2.58. The summed E-state index contributed by atoms with van der Waals surface area (Å²) in [5.41, 5.74) is 0. The maximum absolute atomic E-state index is 14.3. The number of esters is 1. The Morgan fingerprint density at radius 1 is 1.08 bits per heavy atom. The molecule has 0 radical (unpaired) electrons. The molecule has 6 rings (SSSR count). The molecule has 0 amide bonds. The summed E-state index contributed by atoms with van der Waals surface area (Å²) >= 11 is 0. The highest BCUT2D eigenvalue weighted by Crippen LogP contribution is 2.64. The summed E-state index contributed by atoms with van der Waals surface area (Å²) < 4.78 is 25.7. The standard InChI is InChI=1S/C19H27FO5/c1-22-16(21)6-11-2-4-18(5-3-11)23-19(25-24-18)14-7-12-8-15(19)10-13(9-14)17(12)20/h11-15,17H,2-10H2,1H3. The Hall–Kier alpha value is -0.720. The van der Waals surface area contributed by atoms with Gasteiger partial charge in [-0.05, 0) is 56.3 Å². The summed E-state index contributed by atoms with van der Waals surface area (Å²) in [5.74, 6) is -0.251. The van der Waals surface area contributed by atoms with E-state index in [2.05, 4.69) is 0 Å². The van der Waals surface area contributed by atoms with Crippen LogP contribution in [0.4, 0.5) is 4.39 Å². The van der Waals surface area contributed by atoms with Crippen LogP contribution in [0.25, 0.3) is 0 Å². The number of hydrogen-bond donors (Lipinski definition) is 0. The zero-order chi connectivity index (χ0) is 17.2. The topological polar surface area (TPSA) is 54.0 Å². The summed E-state index contributed by atoms with van der Waals surface area (Å²) in [6.07, 6.45) is 6.51. The summed E-state index contributed by atoms with van der Waals surface area (Å²) in [6, 6.07) is 0. The molecule has 0 unspecified atom stereocenters. The quantitative estimate of drug-likeness (QED) is 0.561. The van der Waals surface area contributed by atoms with Gasteiger partial charge in [-0.25, -0.2) is 4.39 Å². The number of carbonyl (C=O) groups excluding carboxylic acids is 1. The van der Waals surface area contributed by atoms with Crippen molar-refractivity contribution in [3.8, 4) is 0 Å². The maximum Gasteiger partial charge on any atom is 0.305 e. The second-order valence-corrected chi connectivity index (χ2v) is 8.93. The molecule has 5 saturated carbocycles. The zero-order valence-electron chi connectivity index (χ0n) is 14.7. The van der Waals surface area contributed by atoms with E-state index in [1.54, 1.807) is 0 Å². The molecule has 5 aliphatic carbocycles. The van der Waals surface area contributed by atoms with Crippen molar-refractivity contribution in [1.29, 1.82) is 0 Å². The molecule has 0 aromatic carbocycles. The average Bonchev–Trinajstić information content (AvgIpc) is 2.96. The molecule has 140 valence electrons. The van der Waals surface area contributed by atoms with E-state index in [1.807, 2.05) is 0 Å². The smallest absolute Gasteiger partial charge is 0.305 e. The summed E-state index contributed by atoms with van der Waals surface area (Å²) in [4.78, 5) is 23.3. The molecule has 1 saturated heterocycles. The summed E-state index contributed by atoms with van der Waals surface area (Å²) in [7, 11) is 1.43. The molecule has 6 fully saturated rings. The molecule has 0 N–H and O–H groups in total. The second kappa shape index (κ2) is 5.64. The Labute approximate surface area is 147 Å². The third kappa shape index (κ3) is 2.40. The first-order valence-electron chi connectivity index (χ1n) is 9.81. The van der Waals surface area contributed by atoms with Gasteiger partial charge in [-0.3, -0.25) is 4.79 Å². The van der Waals surface area contributed by atoms with Gasteiger partial charge in [-0.2, -0.15) is 9.78 Å². The van der Waals surface area contributed by atoms with E-state index in [4.69, 9.17) is 19.2 Å². The number of halogens is 1. The molecule has 25 heavy (non-hydrogen) atoms. The van der Waals surface area contributed by atoms with Crippen LogP contribution in [0.15, 0.2) is 0 Å². The molecular formula is C19H27FO5. The number of carbonyl (C=O) groups is 1. The van der Waals surface area contributed by atoms with Gasteiger partial charge in [0.25, 0.3) is 0 Å². The van der Waals surface area contributed by atoms with E-state index in [0.717, 1.165) is 51.4 Å². The first-order chi connectivity index (χ1) is 12.0. The molecule has 0 aromatic rings. The van der Waals surface area contributed by atoms with Crippen LogP contribution in [-0.2, 0) is 24.0 Å². The minimum Gasteiger partial charge on any atom is -0.469 e. The Morgan fingerprint density at radius 2 is 1.68 bits per heavy atom. The van der Waals surface area contributed by atoms with Crippen molar-refractivity contribution in [2.45, 2.75) is 75.5 Å². The van der Waals surface area contributed by atoms with Gasteiger partial charge in [0.15, 0.2) is 0 Å². The van der Waals surface area contributed by atoms with Crippen LogP contribution in [0.2, 0.25) is 0 Å². The van der Waals surface area contributed by atoms with Crippen LogP contribution in [0.3, 0.4) is 0 Å². The fourth-order valence-corrected chi connectivity index (χ4v) is 6.34. The van der Waals surface area contributed by atoms with Crippen molar-refractivity contribution >= 4 is 5.97 Å². The molecule has 1 heterocycles. The van der Waals surface area contributed by atoms with Crippen molar-refractivity contribution in [3.05, 3.63) is 0 Å². The van der Waals surface area contributed by atoms with Crippen molar-refractivity contribution < 1.29 is 28.4 Å². The molecule has 6 heteroatoms. The Bertz CT molecular complexity index is 526. The van der Waals surface area contributed by atoms with E-state index in [9.17, 15) is 9.18 Å². The predicted octanol–water partition coefficient (Wildman–Crippen LogP) is 3.51. The van der Waals surface area contributed by atoms with Crippen LogP contribution in [-0.4, -0.2) is 30.8 Å². The normalized spacial score (nSPS) is 53.7. The van der Waals surface area contributed by atoms with Crippen LogP contribution in [0.5, 0.6) is 0 Å². The van der Waals surface area contributed by atoms with Crippen LogP contribution in [0.1, 0.15) is 57.8 Å². The molecule has 2 spiro atoms. The lowest BCUT2D eigenvalue weighted by molar-refractivity contribution is -0.392. The minimum atomic E-state index is -0.670. The van der Waals surface area contributed by atoms with Gasteiger partial charge in [0, 0.05) is 31.1 Å². The van der Waals surface area contributed by atoms with Crippen molar-refractivity contribution in [2.24, 2.45) is 29.6 Å². The molecule has 0 aromatic heterocycles. The van der Waals surface area contributed by atoms with Gasteiger partial charge in [0.2, 0.25) is 11.6 Å². The molecule has 6 aliphatic rings. The highest BCUT2D eigenvalue weighted by atomic mass is 19.1. The van der Waals surface area contributed by atoms with Gasteiger partial charge in [-0.1, -0.05) is 0 Å². The van der Waals surface area contributed by atoms with Gasteiger partial charge in [0.05, 0.1) is 7.11 Å². The number of ether oxygens (including phenoxy) is 2. The average molecular weight is 354 g/mol. The first-order valence-corrected chi connectivity index (χ1v) is 9.81. The molecule has 1 aliphatic heterocycles. The van der Waals surface area contributed by atoms with Crippen molar-refractivity contribution in [3.63, 3.8) is 0 Å². The predicted molar refractivity (Wildman–Crippen MR) is 84.6 cm³/mol. The number of rotatable bonds is 2. The first kappa shape index (κ1) is 16.5. The SMILES string of the molecule is COC(=O)CC1CCC2(CC1)OOC1(O2)C2CC3CC1CC(C2)C3F. The Kier molecular flexibility index (Phi) is 3.71. The van der Waals surface area contributed by atoms with Crippen LogP contribution < -0.4 is 0 Å². The molecule has 0 atom stereocenters. The van der Waals surface area contributed by atoms with Crippen molar-refractivity contribution in [1.82, 2.24) is 0 Å². The summed E-state index contributed by atoms with van der Waals surface area (Å²) in [5, 5.41) is 0. The highest BCUT2D eigenvalue weighted by Gasteiger charge is 2.68. The second-order valence-electron chi connectivity index (χ2n) is 8.93. The summed E-state index contributed by atoms with van der Waals surface area (Å²) in [6.45, 7) is 0. The fraction of sp³-hybridized carbons (Fsp3) is 0.947. The van der Waals surface area contributed by atoms with E-state index in [1.165, 1.54) is 7.11 Å². The van der Waals surface area contributed by atoms with Gasteiger partial charge < -0.3 is 9.47 Å². The number of methoxy groups -OCH3 is 1. The lowest BCUT2D eigenvalue weighted by atomic mass is 9.52. The number of hydrogen-bond acceptors (Lipinski definition) is 5. The van der Waals surface area contributed by atoms with E-state index in [0.29, 0.717) is 12.3 Å². The third-order valence-corrected chi connectivity index (χ3v) is 7.61. The fourth-order valence-electron chi connectivity index (χ4n) is 6.34. The van der Waals surface area contributed by atoms with Gasteiger partial charge in [-0.15, -0.1) is 0 Å². The number of alkyl halides is 1. The van der Waals surface area contributed by atoms with Gasteiger partial charge >= 0.3 is 5.97 Å². The maximum atomic E-state index is 14.3. The lowest BCUT2D eigenvalue weighted by Crippen LogP contribution is -2.62. The minimum absolute atomic E-state index is 0.149. The van der Waals surface area contributed by atoms with E-state index < -0.39 is 17.7 Å². The molecular weight excluding hydrogens is 327 g/mol. The highest BCUT2D eigenvalue weighted by molar-refractivity contribution is 5.69. The van der Waals surface area contributed by atoms with Gasteiger partial charge in [0.1, 0.15) is 6.17 Å². The molecule has 5 nitrogen and oxygen atoms in total. The van der Waals surface area contributed by atoms with E-state index in [-0.39, 0.29) is 29.6 Å². The molecule has 4 bridgehead atoms. The zero-order valence-corrected chi connectivity index (χ0v) is 14.7. The largest absolute Gasteiger partial charge is 0.469 e. The van der Waals surface area contributed by atoms with Crippen molar-refractivity contribution in [2.75, 3.05) is 7.11 Å². The van der Waals surface area contributed by atoms with E-state index >= 15 is 0 Å². The van der Waals surface area contributed by atoms with Crippen LogP contribution >= 0.6 is 0 Å². The third-order valence-electron chi connectivity index (χ3n) is 7.61. The van der Waals surface area contributed by atoms with Crippen LogP contribution in [0, 0.1) is 29.6 Å². The monoisotopic (exact) mass is 354 g/mol. The Morgan fingerprint density at radius 3 is 2.24 bits per heavy atom. The Balaban J connectivity index is 1.27.